The smallest absolute Gasteiger partial charge is 0.268 e. The van der Waals surface area contributed by atoms with Crippen molar-refractivity contribution in [3.8, 4) is 0 Å². The highest BCUT2D eigenvalue weighted by Gasteiger charge is 2.10. The lowest BCUT2D eigenvalue weighted by molar-refractivity contribution is -0.125. The third-order valence-corrected chi connectivity index (χ3v) is 4.89. The molecule has 8 heteroatoms. The Labute approximate surface area is 155 Å². The molecule has 25 heavy (non-hydrogen) atoms. The zero-order chi connectivity index (χ0) is 18.0. The van der Waals surface area contributed by atoms with E-state index in [-0.39, 0.29) is 18.0 Å². The Morgan fingerprint density at radius 1 is 1.44 bits per heavy atom. The van der Waals surface area contributed by atoms with Crippen LogP contribution < -0.4 is 5.56 Å². The first-order valence-electron chi connectivity index (χ1n) is 7.28. The second kappa shape index (κ2) is 7.28. The molecular weight excluding hydrogens is 409 g/mol. The summed E-state index contributed by atoms with van der Waals surface area (Å²) in [6.07, 6.45) is 2.70. The van der Waals surface area contributed by atoms with Crippen molar-refractivity contribution in [2.24, 2.45) is 0 Å². The first-order valence-corrected chi connectivity index (χ1v) is 8.96. The van der Waals surface area contributed by atoms with Gasteiger partial charge >= 0.3 is 0 Å². The maximum atomic E-state index is 13.7. The Morgan fingerprint density at radius 3 is 3.04 bits per heavy atom. The lowest BCUT2D eigenvalue weighted by Gasteiger charge is -2.14. The number of thiophene rings is 1. The van der Waals surface area contributed by atoms with Gasteiger partial charge in [-0.1, -0.05) is 15.9 Å². The van der Waals surface area contributed by atoms with Crippen LogP contribution in [0.1, 0.15) is 11.4 Å². The van der Waals surface area contributed by atoms with E-state index >= 15 is 0 Å². The molecule has 1 amide bonds. The Bertz CT molecular complexity index is 1030. The third-order valence-electron chi connectivity index (χ3n) is 3.49. The fraction of sp³-hybridized carbons (Fsp3) is 0.118. The highest BCUT2D eigenvalue weighted by molar-refractivity contribution is 9.10. The van der Waals surface area contributed by atoms with E-state index in [9.17, 15) is 14.0 Å². The number of benzene rings is 1. The van der Waals surface area contributed by atoms with Crippen molar-refractivity contribution in [3.05, 3.63) is 67.8 Å². The number of hydrogen-bond acceptors (Lipinski definition) is 4. The molecule has 0 saturated carbocycles. The quantitative estimate of drug-likeness (QED) is 0.654. The summed E-state index contributed by atoms with van der Waals surface area (Å²) >= 11 is 4.58. The molecule has 0 fully saturated rings. The summed E-state index contributed by atoms with van der Waals surface area (Å²) in [5.74, 6) is -0.343. The molecule has 0 atom stereocenters. The summed E-state index contributed by atoms with van der Waals surface area (Å²) in [6, 6.07) is 6.26. The van der Waals surface area contributed by atoms with Crippen molar-refractivity contribution < 1.29 is 9.18 Å². The summed E-state index contributed by atoms with van der Waals surface area (Å²) in [6.45, 7) is 0.144. The molecule has 1 aromatic carbocycles. The predicted molar refractivity (Wildman–Crippen MR) is 99.8 cm³/mol. The molecule has 2 heterocycles. The highest BCUT2D eigenvalue weighted by Crippen LogP contribution is 2.17. The largest absolute Gasteiger partial charge is 0.335 e. The van der Waals surface area contributed by atoms with E-state index in [1.54, 1.807) is 30.6 Å². The van der Waals surface area contributed by atoms with E-state index in [1.807, 2.05) is 0 Å². The number of halogens is 2. The SMILES string of the molecule is CN(Cc1nc2ccsc2c(=O)[nH]1)C(=O)C=Cc1cc(Br)ccc1F. The molecule has 3 rings (SSSR count). The van der Waals surface area contributed by atoms with Gasteiger partial charge in [0.15, 0.2) is 0 Å². The summed E-state index contributed by atoms with van der Waals surface area (Å²) in [7, 11) is 1.59. The van der Waals surface area contributed by atoms with Gasteiger partial charge < -0.3 is 9.88 Å². The van der Waals surface area contributed by atoms with Gasteiger partial charge in [-0.3, -0.25) is 9.59 Å². The first-order chi connectivity index (χ1) is 11.9. The molecule has 0 aliphatic carbocycles. The maximum Gasteiger partial charge on any atom is 0.268 e. The van der Waals surface area contributed by atoms with Gasteiger partial charge in [0, 0.05) is 23.2 Å². The molecule has 0 unspecified atom stereocenters. The lowest BCUT2D eigenvalue weighted by atomic mass is 10.2. The minimum absolute atomic E-state index is 0.144. The van der Waals surface area contributed by atoms with Crippen molar-refractivity contribution in [1.29, 1.82) is 0 Å². The Hall–Kier alpha value is -2.32. The second-order valence-corrected chi connectivity index (χ2v) is 7.17. The molecule has 1 N–H and O–H groups in total. The number of rotatable bonds is 4. The van der Waals surface area contributed by atoms with Gasteiger partial charge in [0.1, 0.15) is 16.3 Å². The van der Waals surface area contributed by atoms with E-state index in [4.69, 9.17) is 0 Å². The average Bonchev–Trinajstić information content (AvgIpc) is 3.04. The molecule has 0 bridgehead atoms. The number of carbonyl (C=O) groups excluding carboxylic acids is 1. The molecule has 0 spiro atoms. The van der Waals surface area contributed by atoms with Gasteiger partial charge in [-0.2, -0.15) is 0 Å². The topological polar surface area (TPSA) is 66.1 Å². The number of amides is 1. The fourth-order valence-electron chi connectivity index (χ4n) is 2.23. The van der Waals surface area contributed by atoms with Crippen LogP contribution in [-0.4, -0.2) is 27.8 Å². The third kappa shape index (κ3) is 4.02. The zero-order valence-corrected chi connectivity index (χ0v) is 15.5. The zero-order valence-electron chi connectivity index (χ0n) is 13.1. The van der Waals surface area contributed by atoms with Crippen molar-refractivity contribution in [2.45, 2.75) is 6.54 Å². The van der Waals surface area contributed by atoms with E-state index in [0.29, 0.717) is 21.6 Å². The van der Waals surface area contributed by atoms with Crippen molar-refractivity contribution in [1.82, 2.24) is 14.9 Å². The summed E-state index contributed by atoms with van der Waals surface area (Å²) in [5, 5.41) is 1.79. The molecule has 128 valence electrons. The van der Waals surface area contributed by atoms with E-state index < -0.39 is 5.82 Å². The minimum Gasteiger partial charge on any atom is -0.335 e. The van der Waals surface area contributed by atoms with Gasteiger partial charge in [-0.15, -0.1) is 11.3 Å². The normalized spacial score (nSPS) is 11.3. The van der Waals surface area contributed by atoms with E-state index in [0.717, 1.165) is 4.47 Å². The Morgan fingerprint density at radius 2 is 2.24 bits per heavy atom. The van der Waals surface area contributed by atoms with Crippen LogP contribution in [0.4, 0.5) is 4.39 Å². The van der Waals surface area contributed by atoms with Crippen LogP contribution in [0.25, 0.3) is 16.3 Å². The minimum atomic E-state index is -0.413. The maximum absolute atomic E-state index is 13.7. The lowest BCUT2D eigenvalue weighted by Crippen LogP contribution is -2.26. The molecular formula is C17H13BrFN3O2S. The van der Waals surface area contributed by atoms with E-state index in [2.05, 4.69) is 25.9 Å². The number of nitrogens with one attached hydrogen (secondary N) is 1. The summed E-state index contributed by atoms with van der Waals surface area (Å²) < 4.78 is 15.0. The summed E-state index contributed by atoms with van der Waals surface area (Å²) in [5.41, 5.74) is 0.696. The number of aromatic nitrogens is 2. The molecule has 5 nitrogen and oxygen atoms in total. The van der Waals surface area contributed by atoms with Gasteiger partial charge in [-0.05, 0) is 35.7 Å². The Balaban J connectivity index is 1.74. The number of fused-ring (bicyclic) bond motifs is 1. The van der Waals surface area contributed by atoms with Gasteiger partial charge in [-0.25, -0.2) is 9.37 Å². The predicted octanol–water partition coefficient (Wildman–Crippen LogP) is 3.56. The second-order valence-electron chi connectivity index (χ2n) is 5.34. The monoisotopic (exact) mass is 421 g/mol. The molecule has 3 aromatic rings. The fourth-order valence-corrected chi connectivity index (χ4v) is 3.33. The van der Waals surface area contributed by atoms with Gasteiger partial charge in [0.05, 0.1) is 12.1 Å². The molecule has 0 aliphatic heterocycles. The van der Waals surface area contributed by atoms with Crippen molar-refractivity contribution in [3.63, 3.8) is 0 Å². The van der Waals surface area contributed by atoms with Crippen LogP contribution >= 0.6 is 27.3 Å². The summed E-state index contributed by atoms with van der Waals surface area (Å²) in [4.78, 5) is 32.5. The van der Waals surface area contributed by atoms with Crippen LogP contribution in [0.2, 0.25) is 0 Å². The Kier molecular flexibility index (Phi) is 5.10. The number of aromatic amines is 1. The molecule has 2 aromatic heterocycles. The number of carbonyl (C=O) groups is 1. The average molecular weight is 422 g/mol. The van der Waals surface area contributed by atoms with E-state index in [1.165, 1.54) is 34.5 Å². The number of H-pyrrole nitrogens is 1. The highest BCUT2D eigenvalue weighted by atomic mass is 79.9. The van der Waals surface area contributed by atoms with Crippen LogP contribution in [0.5, 0.6) is 0 Å². The number of nitrogens with zero attached hydrogens (tertiary/aromatic N) is 2. The number of hydrogen-bond donors (Lipinski definition) is 1. The number of likely N-dealkylation sites (N-methyl/N-ethyl adjacent to an activating group) is 1. The van der Waals surface area contributed by atoms with Crippen molar-refractivity contribution in [2.75, 3.05) is 7.05 Å². The standard InChI is InChI=1S/C17H13BrFN3O2S/c1-22(9-14-20-13-6-7-25-16(13)17(24)21-14)15(23)5-2-10-8-11(18)3-4-12(10)19/h2-8H,9H2,1H3,(H,20,21,24). The van der Waals surface area contributed by atoms with Gasteiger partial charge in [0.25, 0.3) is 5.56 Å². The molecule has 0 saturated heterocycles. The van der Waals surface area contributed by atoms with Crippen LogP contribution in [0.3, 0.4) is 0 Å². The molecule has 0 aliphatic rings. The van der Waals surface area contributed by atoms with Gasteiger partial charge in [0.2, 0.25) is 5.91 Å². The first kappa shape index (κ1) is 17.5. The van der Waals surface area contributed by atoms with Crippen LogP contribution in [0.15, 0.2) is 45.0 Å². The van der Waals surface area contributed by atoms with Crippen LogP contribution in [-0.2, 0) is 11.3 Å². The van der Waals surface area contributed by atoms with Crippen LogP contribution in [0, 0.1) is 5.82 Å². The van der Waals surface area contributed by atoms with Crippen molar-refractivity contribution >= 4 is 49.5 Å². The molecule has 0 radical (unpaired) electrons.